The Morgan fingerprint density at radius 3 is 2.52 bits per heavy atom. The first kappa shape index (κ1) is 20.0. The van der Waals surface area contributed by atoms with Crippen LogP contribution in [0.2, 0.25) is 0 Å². The molecule has 1 atom stereocenters. The van der Waals surface area contributed by atoms with Crippen molar-refractivity contribution in [3.05, 3.63) is 82.0 Å². The second-order valence-electron chi connectivity index (χ2n) is 7.10. The molecule has 2 aromatic carbocycles. The molecule has 0 N–H and O–H groups in total. The molecule has 1 fully saturated rings. The number of hydrogen-bond donors (Lipinski definition) is 0. The molecule has 1 aliphatic rings. The lowest BCUT2D eigenvalue weighted by Gasteiger charge is -2.26. The SMILES string of the molecule is COc1cccc(C(c2ccc(OCCN3CCOCC3)cc2)c2cccs2)c1. The zero-order chi connectivity index (χ0) is 19.9. The summed E-state index contributed by atoms with van der Waals surface area (Å²) in [6.45, 7) is 5.26. The van der Waals surface area contributed by atoms with Crippen molar-refractivity contribution in [2.24, 2.45) is 0 Å². The molecule has 29 heavy (non-hydrogen) atoms. The molecule has 152 valence electrons. The maximum atomic E-state index is 5.98. The smallest absolute Gasteiger partial charge is 0.119 e. The maximum Gasteiger partial charge on any atom is 0.119 e. The molecule has 0 spiro atoms. The Kier molecular flexibility index (Phi) is 6.83. The fraction of sp³-hybridized carbons (Fsp3) is 0.333. The molecule has 0 aliphatic carbocycles. The number of morpholine rings is 1. The van der Waals surface area contributed by atoms with E-state index in [2.05, 4.69) is 64.9 Å². The van der Waals surface area contributed by atoms with E-state index >= 15 is 0 Å². The van der Waals surface area contributed by atoms with Gasteiger partial charge in [0.1, 0.15) is 18.1 Å². The first-order valence-corrected chi connectivity index (χ1v) is 10.9. The Bertz CT molecular complexity index is 873. The number of hydrogen-bond acceptors (Lipinski definition) is 5. The zero-order valence-electron chi connectivity index (χ0n) is 16.8. The predicted octanol–water partition coefficient (Wildman–Crippen LogP) is 4.65. The highest BCUT2D eigenvalue weighted by Crippen LogP contribution is 2.36. The van der Waals surface area contributed by atoms with E-state index in [1.54, 1.807) is 18.4 Å². The number of rotatable bonds is 8. The summed E-state index contributed by atoms with van der Waals surface area (Å²) < 4.78 is 16.8. The van der Waals surface area contributed by atoms with Gasteiger partial charge in [-0.15, -0.1) is 11.3 Å². The molecule has 0 amide bonds. The third-order valence-corrected chi connectivity index (χ3v) is 6.19. The summed E-state index contributed by atoms with van der Waals surface area (Å²) in [6.07, 6.45) is 0. The Balaban J connectivity index is 1.47. The van der Waals surface area contributed by atoms with Crippen LogP contribution in [0, 0.1) is 0 Å². The van der Waals surface area contributed by atoms with E-state index in [0.29, 0.717) is 6.61 Å². The van der Waals surface area contributed by atoms with Gasteiger partial charge in [0.2, 0.25) is 0 Å². The van der Waals surface area contributed by atoms with Gasteiger partial charge in [0, 0.05) is 30.4 Å². The van der Waals surface area contributed by atoms with Gasteiger partial charge < -0.3 is 14.2 Å². The standard InChI is InChI=1S/C24H27NO3S/c1-26-22-5-2-4-20(18-22)24(23-6-3-17-29-23)19-7-9-21(10-8-19)28-16-13-25-11-14-27-15-12-25/h2-10,17-18,24H,11-16H2,1H3. The van der Waals surface area contributed by atoms with Gasteiger partial charge in [-0.1, -0.05) is 30.3 Å². The second kappa shape index (κ2) is 9.92. The van der Waals surface area contributed by atoms with Crippen LogP contribution in [-0.2, 0) is 4.74 Å². The topological polar surface area (TPSA) is 30.9 Å². The molecular formula is C24H27NO3S. The Hall–Kier alpha value is -2.34. The van der Waals surface area contributed by atoms with Crippen molar-refractivity contribution in [3.8, 4) is 11.5 Å². The van der Waals surface area contributed by atoms with Gasteiger partial charge in [-0.25, -0.2) is 0 Å². The van der Waals surface area contributed by atoms with E-state index in [1.807, 2.05) is 6.07 Å². The molecule has 0 radical (unpaired) electrons. The first-order valence-electron chi connectivity index (χ1n) is 10.0. The molecule has 0 bridgehead atoms. The van der Waals surface area contributed by atoms with Crippen molar-refractivity contribution < 1.29 is 14.2 Å². The van der Waals surface area contributed by atoms with Crippen LogP contribution in [0.4, 0.5) is 0 Å². The lowest BCUT2D eigenvalue weighted by atomic mass is 9.90. The third-order valence-electron chi connectivity index (χ3n) is 5.25. The molecular weight excluding hydrogens is 382 g/mol. The van der Waals surface area contributed by atoms with Crippen molar-refractivity contribution in [2.75, 3.05) is 46.6 Å². The molecule has 1 unspecified atom stereocenters. The van der Waals surface area contributed by atoms with Gasteiger partial charge in [0.25, 0.3) is 0 Å². The number of ether oxygens (including phenoxy) is 3. The quantitative estimate of drug-likeness (QED) is 0.542. The molecule has 4 rings (SSSR count). The average molecular weight is 410 g/mol. The summed E-state index contributed by atoms with van der Waals surface area (Å²) in [5.74, 6) is 1.98. The lowest BCUT2D eigenvalue weighted by Crippen LogP contribution is -2.38. The van der Waals surface area contributed by atoms with Crippen LogP contribution in [0.15, 0.2) is 66.0 Å². The van der Waals surface area contributed by atoms with Gasteiger partial charge in [-0.2, -0.15) is 0 Å². The average Bonchev–Trinajstić information content (AvgIpc) is 3.30. The van der Waals surface area contributed by atoms with Gasteiger partial charge in [-0.05, 0) is 46.8 Å². The van der Waals surface area contributed by atoms with Crippen molar-refractivity contribution in [3.63, 3.8) is 0 Å². The van der Waals surface area contributed by atoms with E-state index in [-0.39, 0.29) is 5.92 Å². The monoisotopic (exact) mass is 409 g/mol. The Labute approximate surface area is 176 Å². The minimum Gasteiger partial charge on any atom is -0.497 e. The van der Waals surface area contributed by atoms with Crippen LogP contribution in [0.1, 0.15) is 21.9 Å². The van der Waals surface area contributed by atoms with Crippen LogP contribution in [0.25, 0.3) is 0 Å². The van der Waals surface area contributed by atoms with E-state index < -0.39 is 0 Å². The van der Waals surface area contributed by atoms with Crippen LogP contribution >= 0.6 is 11.3 Å². The van der Waals surface area contributed by atoms with Gasteiger partial charge in [-0.3, -0.25) is 4.90 Å². The highest BCUT2D eigenvalue weighted by Gasteiger charge is 2.18. The lowest BCUT2D eigenvalue weighted by molar-refractivity contribution is 0.0322. The first-order chi connectivity index (χ1) is 14.3. The number of methoxy groups -OCH3 is 1. The van der Waals surface area contributed by atoms with Crippen LogP contribution < -0.4 is 9.47 Å². The van der Waals surface area contributed by atoms with Crippen LogP contribution in [0.5, 0.6) is 11.5 Å². The maximum absolute atomic E-state index is 5.98. The summed E-state index contributed by atoms with van der Waals surface area (Å²) in [5.41, 5.74) is 2.48. The van der Waals surface area contributed by atoms with Crippen molar-refractivity contribution in [1.29, 1.82) is 0 Å². The van der Waals surface area contributed by atoms with Gasteiger partial charge in [0.15, 0.2) is 0 Å². The van der Waals surface area contributed by atoms with E-state index in [4.69, 9.17) is 14.2 Å². The number of benzene rings is 2. The second-order valence-corrected chi connectivity index (χ2v) is 8.08. The molecule has 1 aromatic heterocycles. The molecule has 4 nitrogen and oxygen atoms in total. The zero-order valence-corrected chi connectivity index (χ0v) is 17.6. The largest absolute Gasteiger partial charge is 0.497 e. The summed E-state index contributed by atoms with van der Waals surface area (Å²) in [4.78, 5) is 3.70. The minimum atomic E-state index is 0.187. The minimum absolute atomic E-state index is 0.187. The number of nitrogens with zero attached hydrogens (tertiary/aromatic N) is 1. The van der Waals surface area contributed by atoms with E-state index in [9.17, 15) is 0 Å². The normalized spacial score (nSPS) is 15.8. The van der Waals surface area contributed by atoms with E-state index in [0.717, 1.165) is 44.3 Å². The molecule has 1 saturated heterocycles. The third kappa shape index (κ3) is 5.18. The highest BCUT2D eigenvalue weighted by atomic mass is 32.1. The van der Waals surface area contributed by atoms with Crippen LogP contribution in [0.3, 0.4) is 0 Å². The molecule has 2 heterocycles. The van der Waals surface area contributed by atoms with Crippen molar-refractivity contribution >= 4 is 11.3 Å². The molecule has 3 aromatic rings. The summed E-state index contributed by atoms with van der Waals surface area (Å²) >= 11 is 1.78. The van der Waals surface area contributed by atoms with Crippen molar-refractivity contribution in [1.82, 2.24) is 4.90 Å². The fourth-order valence-electron chi connectivity index (χ4n) is 3.67. The predicted molar refractivity (Wildman–Crippen MR) is 117 cm³/mol. The van der Waals surface area contributed by atoms with Crippen LogP contribution in [-0.4, -0.2) is 51.5 Å². The van der Waals surface area contributed by atoms with Gasteiger partial charge in [0.05, 0.1) is 20.3 Å². The fourth-order valence-corrected chi connectivity index (χ4v) is 4.55. The molecule has 5 heteroatoms. The summed E-state index contributed by atoms with van der Waals surface area (Å²) in [7, 11) is 1.71. The highest BCUT2D eigenvalue weighted by molar-refractivity contribution is 7.10. The molecule has 1 aliphatic heterocycles. The van der Waals surface area contributed by atoms with Gasteiger partial charge >= 0.3 is 0 Å². The Morgan fingerprint density at radius 2 is 1.79 bits per heavy atom. The summed E-state index contributed by atoms with van der Waals surface area (Å²) in [6, 6.07) is 21.1. The molecule has 0 saturated carbocycles. The van der Waals surface area contributed by atoms with Crippen molar-refractivity contribution in [2.45, 2.75) is 5.92 Å². The Morgan fingerprint density at radius 1 is 0.966 bits per heavy atom. The summed E-state index contributed by atoms with van der Waals surface area (Å²) in [5, 5.41) is 2.13. The number of thiophene rings is 1. The van der Waals surface area contributed by atoms with E-state index in [1.165, 1.54) is 16.0 Å².